The summed E-state index contributed by atoms with van der Waals surface area (Å²) in [6.07, 6.45) is 5.09. The van der Waals surface area contributed by atoms with Crippen LogP contribution in [0.2, 0.25) is 0 Å². The molecule has 19 heavy (non-hydrogen) atoms. The third-order valence-electron chi connectivity index (χ3n) is 4.82. The Bertz CT molecular complexity index is 250. The zero-order chi connectivity index (χ0) is 14.3. The van der Waals surface area contributed by atoms with E-state index in [1.54, 1.807) is 14.2 Å². The predicted molar refractivity (Wildman–Crippen MR) is 79.3 cm³/mol. The first-order chi connectivity index (χ1) is 9.12. The average Bonchev–Trinajstić information content (AvgIpc) is 2.41. The highest BCUT2D eigenvalue weighted by Gasteiger charge is 2.43. The van der Waals surface area contributed by atoms with Crippen LogP contribution in [-0.4, -0.2) is 57.0 Å². The molecule has 1 fully saturated rings. The highest BCUT2D eigenvalue weighted by Crippen LogP contribution is 2.38. The molecule has 2 N–H and O–H groups in total. The topological polar surface area (TPSA) is 47.7 Å². The summed E-state index contributed by atoms with van der Waals surface area (Å²) in [6, 6.07) is 0.379. The molecular formula is C15H32N2O2. The van der Waals surface area contributed by atoms with Crippen LogP contribution in [0.3, 0.4) is 0 Å². The number of ether oxygens (including phenoxy) is 2. The molecule has 0 aliphatic heterocycles. The fourth-order valence-corrected chi connectivity index (χ4v) is 3.65. The number of nitrogens with two attached hydrogens (primary N) is 1. The molecular weight excluding hydrogens is 240 g/mol. The summed E-state index contributed by atoms with van der Waals surface area (Å²) in [6.45, 7) is 7.75. The Morgan fingerprint density at radius 3 is 2.58 bits per heavy atom. The van der Waals surface area contributed by atoms with Crippen LogP contribution in [0.1, 0.15) is 39.5 Å². The van der Waals surface area contributed by atoms with Crippen LogP contribution in [0, 0.1) is 5.92 Å². The molecule has 0 spiro atoms. The standard InChI is InChI=1S/C15H32N2O2/c1-13-7-5-6-8-15(13,12-16)17(9-10-18-3)14(2)11-19-4/h13-14H,5-12,16H2,1-4H3. The lowest BCUT2D eigenvalue weighted by Gasteiger charge is -2.52. The minimum Gasteiger partial charge on any atom is -0.383 e. The van der Waals surface area contributed by atoms with Gasteiger partial charge < -0.3 is 15.2 Å². The van der Waals surface area contributed by atoms with Gasteiger partial charge in [0.1, 0.15) is 0 Å². The largest absolute Gasteiger partial charge is 0.383 e. The van der Waals surface area contributed by atoms with Gasteiger partial charge in [0.05, 0.1) is 13.2 Å². The van der Waals surface area contributed by atoms with E-state index in [0.29, 0.717) is 12.0 Å². The van der Waals surface area contributed by atoms with Gasteiger partial charge in [0.15, 0.2) is 0 Å². The second-order valence-corrected chi connectivity index (χ2v) is 5.95. The van der Waals surface area contributed by atoms with Gasteiger partial charge in [0, 0.05) is 38.9 Å². The Morgan fingerprint density at radius 1 is 1.32 bits per heavy atom. The van der Waals surface area contributed by atoms with Crippen molar-refractivity contribution in [3.05, 3.63) is 0 Å². The van der Waals surface area contributed by atoms with E-state index in [2.05, 4.69) is 18.7 Å². The smallest absolute Gasteiger partial charge is 0.0615 e. The maximum absolute atomic E-state index is 6.21. The SMILES string of the molecule is COCCN(C(C)COC)C1(CN)CCCCC1C. The molecule has 1 rings (SSSR count). The summed E-state index contributed by atoms with van der Waals surface area (Å²) in [4.78, 5) is 2.55. The van der Waals surface area contributed by atoms with Crippen molar-refractivity contribution in [1.29, 1.82) is 0 Å². The summed E-state index contributed by atoms with van der Waals surface area (Å²) in [7, 11) is 3.53. The number of nitrogens with zero attached hydrogens (tertiary/aromatic N) is 1. The summed E-state index contributed by atoms with van der Waals surface area (Å²) >= 11 is 0. The fourth-order valence-electron chi connectivity index (χ4n) is 3.65. The van der Waals surface area contributed by atoms with Gasteiger partial charge in [-0.2, -0.15) is 0 Å². The minimum absolute atomic E-state index is 0.120. The summed E-state index contributed by atoms with van der Waals surface area (Å²) in [5.74, 6) is 0.641. The lowest BCUT2D eigenvalue weighted by atomic mass is 9.72. The van der Waals surface area contributed by atoms with Crippen molar-refractivity contribution in [2.45, 2.75) is 51.1 Å². The molecule has 1 saturated carbocycles. The molecule has 1 aliphatic rings. The van der Waals surface area contributed by atoms with E-state index >= 15 is 0 Å². The molecule has 0 amide bonds. The fraction of sp³-hybridized carbons (Fsp3) is 1.00. The van der Waals surface area contributed by atoms with Crippen molar-refractivity contribution in [3.8, 4) is 0 Å². The molecule has 0 bridgehead atoms. The van der Waals surface area contributed by atoms with Crippen LogP contribution >= 0.6 is 0 Å². The van der Waals surface area contributed by atoms with E-state index < -0.39 is 0 Å². The zero-order valence-electron chi connectivity index (χ0n) is 13.2. The molecule has 0 aromatic rings. The van der Waals surface area contributed by atoms with Crippen molar-refractivity contribution in [3.63, 3.8) is 0 Å². The second-order valence-electron chi connectivity index (χ2n) is 5.95. The maximum atomic E-state index is 6.21. The molecule has 3 unspecified atom stereocenters. The van der Waals surface area contributed by atoms with Crippen molar-refractivity contribution < 1.29 is 9.47 Å². The Labute approximate surface area is 118 Å². The highest BCUT2D eigenvalue weighted by molar-refractivity contribution is 5.00. The molecule has 114 valence electrons. The van der Waals surface area contributed by atoms with Gasteiger partial charge in [-0.1, -0.05) is 19.8 Å². The third kappa shape index (κ3) is 3.91. The van der Waals surface area contributed by atoms with Crippen molar-refractivity contribution in [1.82, 2.24) is 4.90 Å². The summed E-state index contributed by atoms with van der Waals surface area (Å²) in [5.41, 5.74) is 6.33. The van der Waals surface area contributed by atoms with Gasteiger partial charge in [0.25, 0.3) is 0 Å². The van der Waals surface area contributed by atoms with Gasteiger partial charge in [-0.3, -0.25) is 4.90 Å². The number of hydrogen-bond acceptors (Lipinski definition) is 4. The average molecular weight is 272 g/mol. The number of methoxy groups -OCH3 is 2. The third-order valence-corrected chi connectivity index (χ3v) is 4.82. The van der Waals surface area contributed by atoms with Crippen LogP contribution in [0.15, 0.2) is 0 Å². The lowest BCUT2D eigenvalue weighted by Crippen LogP contribution is -2.63. The molecule has 4 heteroatoms. The van der Waals surface area contributed by atoms with Crippen molar-refractivity contribution in [2.75, 3.05) is 40.5 Å². The molecule has 0 radical (unpaired) electrons. The minimum atomic E-state index is 0.120. The van der Waals surface area contributed by atoms with Crippen LogP contribution in [-0.2, 0) is 9.47 Å². The molecule has 0 aromatic heterocycles. The Balaban J connectivity index is 2.89. The van der Waals surface area contributed by atoms with Gasteiger partial charge in [-0.25, -0.2) is 0 Å². The van der Waals surface area contributed by atoms with Crippen LogP contribution in [0.5, 0.6) is 0 Å². The maximum Gasteiger partial charge on any atom is 0.0615 e. The van der Waals surface area contributed by atoms with E-state index in [1.165, 1.54) is 25.7 Å². The normalized spacial score (nSPS) is 29.7. The summed E-state index contributed by atoms with van der Waals surface area (Å²) in [5, 5.41) is 0. The van der Waals surface area contributed by atoms with Gasteiger partial charge in [-0.15, -0.1) is 0 Å². The first kappa shape index (κ1) is 16.9. The van der Waals surface area contributed by atoms with Gasteiger partial charge in [0.2, 0.25) is 0 Å². The van der Waals surface area contributed by atoms with E-state index in [9.17, 15) is 0 Å². The summed E-state index contributed by atoms with van der Waals surface area (Å²) < 4.78 is 10.6. The second kappa shape index (κ2) is 8.20. The monoisotopic (exact) mass is 272 g/mol. The number of rotatable bonds is 8. The molecule has 0 aromatic carbocycles. The Kier molecular flexibility index (Phi) is 7.29. The first-order valence-electron chi connectivity index (χ1n) is 7.57. The lowest BCUT2D eigenvalue weighted by molar-refractivity contribution is -0.0452. The predicted octanol–water partition coefficient (Wildman–Crippen LogP) is 1.88. The molecule has 0 heterocycles. The number of hydrogen-bond donors (Lipinski definition) is 1. The van der Waals surface area contributed by atoms with E-state index in [4.69, 9.17) is 15.2 Å². The quantitative estimate of drug-likeness (QED) is 0.733. The van der Waals surface area contributed by atoms with E-state index in [0.717, 1.165) is 26.3 Å². The molecule has 1 aliphatic carbocycles. The highest BCUT2D eigenvalue weighted by atomic mass is 16.5. The first-order valence-corrected chi connectivity index (χ1v) is 7.57. The van der Waals surface area contributed by atoms with Crippen LogP contribution < -0.4 is 5.73 Å². The van der Waals surface area contributed by atoms with Crippen LogP contribution in [0.4, 0.5) is 0 Å². The van der Waals surface area contributed by atoms with Crippen molar-refractivity contribution in [2.24, 2.45) is 11.7 Å². The molecule has 3 atom stereocenters. The Morgan fingerprint density at radius 2 is 2.05 bits per heavy atom. The van der Waals surface area contributed by atoms with E-state index in [1.807, 2.05) is 0 Å². The van der Waals surface area contributed by atoms with Gasteiger partial charge >= 0.3 is 0 Å². The Hall–Kier alpha value is -0.160. The zero-order valence-corrected chi connectivity index (χ0v) is 13.2. The van der Waals surface area contributed by atoms with Crippen molar-refractivity contribution >= 4 is 0 Å². The van der Waals surface area contributed by atoms with Crippen LogP contribution in [0.25, 0.3) is 0 Å². The molecule has 0 saturated heterocycles. The van der Waals surface area contributed by atoms with Gasteiger partial charge in [-0.05, 0) is 25.7 Å². The van der Waals surface area contributed by atoms with E-state index in [-0.39, 0.29) is 5.54 Å². The molecule has 4 nitrogen and oxygen atoms in total.